The van der Waals surface area contributed by atoms with Crippen LogP contribution in [-0.4, -0.2) is 11.1 Å². The molecule has 0 amide bonds. The molecule has 1 N–H and O–H groups in total. The molecule has 0 fully saturated rings. The third-order valence-electron chi connectivity index (χ3n) is 2.74. The third-order valence-corrected chi connectivity index (χ3v) is 2.74. The molecular weight excluding hydrogens is 166 g/mol. The van der Waals surface area contributed by atoms with Crippen molar-refractivity contribution in [1.82, 2.24) is 0 Å². The largest absolute Gasteiger partial charge is 0.481 e. The highest BCUT2D eigenvalue weighted by atomic mass is 16.4. The Labute approximate surface area is 79.4 Å². The smallest absolute Gasteiger partial charge is 0.303 e. The quantitative estimate of drug-likeness (QED) is 0.730. The van der Waals surface area contributed by atoms with Crippen LogP contribution in [0.4, 0.5) is 0 Å². The molecule has 0 aromatic heterocycles. The Morgan fingerprint density at radius 1 is 1.38 bits per heavy atom. The van der Waals surface area contributed by atoms with Crippen molar-refractivity contribution in [3.05, 3.63) is 0 Å². The molecule has 74 valence electrons. The van der Waals surface area contributed by atoms with Crippen molar-refractivity contribution >= 4 is 5.97 Å². The first-order valence-corrected chi connectivity index (χ1v) is 4.36. The van der Waals surface area contributed by atoms with Crippen molar-refractivity contribution in [2.45, 2.75) is 40.5 Å². The maximum atomic E-state index is 10.4. The van der Waals surface area contributed by atoms with Crippen molar-refractivity contribution in [3.8, 4) is 6.07 Å². The minimum absolute atomic E-state index is 0.0569. The second-order valence-electron chi connectivity index (χ2n) is 4.59. The summed E-state index contributed by atoms with van der Waals surface area (Å²) >= 11 is 0. The third kappa shape index (κ3) is 3.06. The summed E-state index contributed by atoms with van der Waals surface area (Å²) in [5.41, 5.74) is -0.747. The Kier molecular flexibility index (Phi) is 3.48. The van der Waals surface area contributed by atoms with Crippen LogP contribution in [0, 0.1) is 22.2 Å². The Hall–Kier alpha value is -1.04. The van der Waals surface area contributed by atoms with Crippen LogP contribution in [0.15, 0.2) is 0 Å². The zero-order chi connectivity index (χ0) is 10.7. The van der Waals surface area contributed by atoms with Gasteiger partial charge in [0.1, 0.15) is 0 Å². The van der Waals surface area contributed by atoms with Crippen LogP contribution in [0.2, 0.25) is 0 Å². The van der Waals surface area contributed by atoms with Gasteiger partial charge in [-0.2, -0.15) is 5.26 Å². The molecule has 0 aromatic rings. The van der Waals surface area contributed by atoms with Crippen molar-refractivity contribution in [3.63, 3.8) is 0 Å². The molecule has 0 saturated heterocycles. The Morgan fingerprint density at radius 3 is 2.08 bits per heavy atom. The normalized spacial score (nSPS) is 15.9. The van der Waals surface area contributed by atoms with Gasteiger partial charge >= 0.3 is 5.97 Å². The standard InChI is InChI=1S/C10H17NO2/c1-9(2,3)10(4,7-11)6-5-8(12)13/h5-6H2,1-4H3,(H,12,13). The monoisotopic (exact) mass is 183 g/mol. The van der Waals surface area contributed by atoms with Gasteiger partial charge in [-0.15, -0.1) is 0 Å². The molecule has 13 heavy (non-hydrogen) atoms. The SMILES string of the molecule is CC(C)(C)C(C)(C#N)CCC(=O)O. The molecule has 0 radical (unpaired) electrons. The van der Waals surface area contributed by atoms with Crippen molar-refractivity contribution in [2.75, 3.05) is 0 Å². The maximum absolute atomic E-state index is 10.4. The fourth-order valence-corrected chi connectivity index (χ4v) is 0.956. The van der Waals surface area contributed by atoms with E-state index in [1.165, 1.54) is 0 Å². The molecule has 1 atom stereocenters. The topological polar surface area (TPSA) is 61.1 Å². The van der Waals surface area contributed by atoms with Gasteiger partial charge in [0, 0.05) is 6.42 Å². The predicted molar refractivity (Wildman–Crippen MR) is 50.0 cm³/mol. The summed E-state index contributed by atoms with van der Waals surface area (Å²) in [6, 6.07) is 2.21. The first-order chi connectivity index (χ1) is 5.73. The zero-order valence-corrected chi connectivity index (χ0v) is 8.72. The van der Waals surface area contributed by atoms with E-state index in [9.17, 15) is 4.79 Å². The van der Waals surface area contributed by atoms with E-state index in [1.54, 1.807) is 0 Å². The number of carbonyl (C=O) groups is 1. The van der Waals surface area contributed by atoms with E-state index in [4.69, 9.17) is 10.4 Å². The van der Waals surface area contributed by atoms with Gasteiger partial charge in [0.15, 0.2) is 0 Å². The van der Waals surface area contributed by atoms with Gasteiger partial charge in [-0.05, 0) is 18.8 Å². The van der Waals surface area contributed by atoms with Gasteiger partial charge in [0.2, 0.25) is 0 Å². The number of aliphatic carboxylic acids is 1. The predicted octanol–water partition coefficient (Wildman–Crippen LogP) is 2.43. The van der Waals surface area contributed by atoms with Crippen LogP contribution in [0.1, 0.15) is 40.5 Å². The second kappa shape index (κ2) is 3.78. The lowest BCUT2D eigenvalue weighted by Gasteiger charge is -2.35. The van der Waals surface area contributed by atoms with E-state index in [0.717, 1.165) is 0 Å². The molecule has 0 aliphatic heterocycles. The van der Waals surface area contributed by atoms with E-state index in [0.29, 0.717) is 6.42 Å². The van der Waals surface area contributed by atoms with Crippen molar-refractivity contribution in [1.29, 1.82) is 5.26 Å². The average Bonchev–Trinajstić information content (AvgIpc) is 1.98. The molecule has 0 saturated carbocycles. The molecule has 0 spiro atoms. The summed E-state index contributed by atoms with van der Waals surface area (Å²) in [5.74, 6) is -0.842. The van der Waals surface area contributed by atoms with E-state index in [2.05, 4.69) is 6.07 Å². The number of rotatable bonds is 3. The summed E-state index contributed by atoms with van der Waals surface area (Å²) in [5, 5.41) is 17.5. The molecule has 0 rings (SSSR count). The van der Waals surface area contributed by atoms with Crippen LogP contribution < -0.4 is 0 Å². The Bertz CT molecular complexity index is 234. The van der Waals surface area contributed by atoms with E-state index < -0.39 is 11.4 Å². The first-order valence-electron chi connectivity index (χ1n) is 4.36. The second-order valence-corrected chi connectivity index (χ2v) is 4.59. The fraction of sp³-hybridized carbons (Fsp3) is 0.800. The van der Waals surface area contributed by atoms with Crippen LogP contribution in [0.5, 0.6) is 0 Å². The molecular formula is C10H17NO2. The minimum atomic E-state index is -0.842. The maximum Gasteiger partial charge on any atom is 0.303 e. The van der Waals surface area contributed by atoms with E-state index in [-0.39, 0.29) is 11.8 Å². The number of nitriles is 1. The van der Waals surface area contributed by atoms with Crippen LogP contribution in [0.25, 0.3) is 0 Å². The highest BCUT2D eigenvalue weighted by molar-refractivity contribution is 5.66. The lowest BCUT2D eigenvalue weighted by molar-refractivity contribution is -0.137. The van der Waals surface area contributed by atoms with Crippen LogP contribution in [-0.2, 0) is 4.79 Å². The molecule has 0 bridgehead atoms. The van der Waals surface area contributed by atoms with Gasteiger partial charge in [-0.25, -0.2) is 0 Å². The number of hydrogen-bond donors (Lipinski definition) is 1. The molecule has 1 unspecified atom stereocenters. The fourth-order valence-electron chi connectivity index (χ4n) is 0.956. The van der Waals surface area contributed by atoms with Gasteiger partial charge in [0.05, 0.1) is 11.5 Å². The van der Waals surface area contributed by atoms with Crippen LogP contribution >= 0.6 is 0 Å². The molecule has 0 aromatic carbocycles. The molecule has 3 nitrogen and oxygen atoms in total. The first kappa shape index (κ1) is 12.0. The van der Waals surface area contributed by atoms with Gasteiger partial charge in [-0.3, -0.25) is 4.79 Å². The zero-order valence-electron chi connectivity index (χ0n) is 8.72. The highest BCUT2D eigenvalue weighted by Gasteiger charge is 2.37. The Balaban J connectivity index is 4.50. The average molecular weight is 183 g/mol. The number of carboxylic acid groups (broad SMARTS) is 1. The van der Waals surface area contributed by atoms with Crippen molar-refractivity contribution < 1.29 is 9.90 Å². The summed E-state index contributed by atoms with van der Waals surface area (Å²) < 4.78 is 0. The molecule has 0 aliphatic rings. The minimum Gasteiger partial charge on any atom is -0.481 e. The van der Waals surface area contributed by atoms with E-state index >= 15 is 0 Å². The number of hydrogen-bond acceptors (Lipinski definition) is 2. The summed E-state index contributed by atoms with van der Waals surface area (Å²) in [7, 11) is 0. The number of nitrogens with zero attached hydrogens (tertiary/aromatic N) is 1. The van der Waals surface area contributed by atoms with Gasteiger partial charge < -0.3 is 5.11 Å². The lowest BCUT2D eigenvalue weighted by Crippen LogP contribution is -2.31. The summed E-state index contributed by atoms with van der Waals surface area (Å²) in [6.07, 6.45) is 0.462. The molecule has 3 heteroatoms. The van der Waals surface area contributed by atoms with Gasteiger partial charge in [0.25, 0.3) is 0 Å². The molecule has 0 aliphatic carbocycles. The van der Waals surface area contributed by atoms with Gasteiger partial charge in [-0.1, -0.05) is 20.8 Å². The summed E-state index contributed by atoms with van der Waals surface area (Å²) in [6.45, 7) is 7.68. The highest BCUT2D eigenvalue weighted by Crippen LogP contribution is 2.41. The Morgan fingerprint density at radius 2 is 1.85 bits per heavy atom. The number of carboxylic acids is 1. The molecule has 0 heterocycles. The van der Waals surface area contributed by atoms with E-state index in [1.807, 2.05) is 27.7 Å². The van der Waals surface area contributed by atoms with Crippen molar-refractivity contribution in [2.24, 2.45) is 10.8 Å². The van der Waals surface area contributed by atoms with Crippen LogP contribution in [0.3, 0.4) is 0 Å². The lowest BCUT2D eigenvalue weighted by atomic mass is 9.66. The summed E-state index contributed by atoms with van der Waals surface area (Å²) in [4.78, 5) is 10.4.